The molecule has 6 nitrogen and oxygen atoms in total. The molecule has 0 spiro atoms. The van der Waals surface area contributed by atoms with Crippen LogP contribution in [0.15, 0.2) is 24.3 Å². The monoisotopic (exact) mass is 319 g/mol. The number of amides is 1. The molecule has 124 valence electrons. The number of rotatable bonds is 7. The van der Waals surface area contributed by atoms with E-state index in [1.807, 2.05) is 0 Å². The molecule has 6 heteroatoms. The number of benzene rings is 1. The summed E-state index contributed by atoms with van der Waals surface area (Å²) in [6.45, 7) is 2.69. The first-order valence-electron chi connectivity index (χ1n) is 7.71. The van der Waals surface area contributed by atoms with Gasteiger partial charge in [0.2, 0.25) is 5.91 Å². The van der Waals surface area contributed by atoms with E-state index in [-0.39, 0.29) is 11.7 Å². The zero-order valence-electron chi connectivity index (χ0n) is 13.2. The first kappa shape index (κ1) is 17.0. The fourth-order valence-electron chi connectivity index (χ4n) is 2.56. The van der Waals surface area contributed by atoms with E-state index in [1.165, 1.54) is 6.92 Å². The maximum Gasteiger partial charge on any atom is 0.308 e. The van der Waals surface area contributed by atoms with Crippen molar-refractivity contribution in [1.82, 2.24) is 4.90 Å². The van der Waals surface area contributed by atoms with E-state index in [2.05, 4.69) is 0 Å². The van der Waals surface area contributed by atoms with E-state index in [0.29, 0.717) is 50.3 Å². The van der Waals surface area contributed by atoms with Crippen LogP contribution in [0.3, 0.4) is 0 Å². The smallest absolute Gasteiger partial charge is 0.308 e. The van der Waals surface area contributed by atoms with Gasteiger partial charge in [-0.15, -0.1) is 0 Å². The van der Waals surface area contributed by atoms with E-state index >= 15 is 0 Å². The summed E-state index contributed by atoms with van der Waals surface area (Å²) in [7, 11) is 0. The molecule has 0 radical (unpaired) electrons. The van der Waals surface area contributed by atoms with Crippen LogP contribution in [0, 0.1) is 5.92 Å². The lowest BCUT2D eigenvalue weighted by atomic mass is 10.1. The van der Waals surface area contributed by atoms with Gasteiger partial charge < -0.3 is 14.7 Å². The van der Waals surface area contributed by atoms with Crippen LogP contribution in [0.5, 0.6) is 5.75 Å². The first-order valence-corrected chi connectivity index (χ1v) is 7.71. The molecule has 1 aromatic rings. The Bertz CT molecular complexity index is 598. The van der Waals surface area contributed by atoms with Gasteiger partial charge in [0.15, 0.2) is 5.78 Å². The van der Waals surface area contributed by atoms with Crippen LogP contribution >= 0.6 is 0 Å². The van der Waals surface area contributed by atoms with Gasteiger partial charge in [0.05, 0.1) is 12.5 Å². The molecule has 1 fully saturated rings. The van der Waals surface area contributed by atoms with Crippen LogP contribution in [0.25, 0.3) is 0 Å². The third-order valence-electron chi connectivity index (χ3n) is 3.93. The molecular weight excluding hydrogens is 298 g/mol. The van der Waals surface area contributed by atoms with Gasteiger partial charge in [-0.3, -0.25) is 14.4 Å². The predicted octanol–water partition coefficient (Wildman–Crippen LogP) is 1.98. The highest BCUT2D eigenvalue weighted by molar-refractivity contribution is 5.94. The predicted molar refractivity (Wildman–Crippen MR) is 83.5 cm³/mol. The molecule has 0 aliphatic carbocycles. The molecule has 1 heterocycles. The van der Waals surface area contributed by atoms with E-state index in [1.54, 1.807) is 29.2 Å². The zero-order chi connectivity index (χ0) is 16.8. The Balaban J connectivity index is 1.71. The summed E-state index contributed by atoms with van der Waals surface area (Å²) in [6.07, 6.45) is 1.41. The number of carbonyl (C=O) groups excluding carboxylic acids is 2. The van der Waals surface area contributed by atoms with Crippen molar-refractivity contribution >= 4 is 17.7 Å². The molecule has 1 amide bonds. The minimum Gasteiger partial charge on any atom is -0.494 e. The highest BCUT2D eigenvalue weighted by Gasteiger charge is 2.30. The van der Waals surface area contributed by atoms with Gasteiger partial charge in [0.1, 0.15) is 5.75 Å². The molecule has 0 bridgehead atoms. The molecular formula is C17H21NO5. The van der Waals surface area contributed by atoms with Gasteiger partial charge in [0.25, 0.3) is 0 Å². The Labute approximate surface area is 135 Å². The summed E-state index contributed by atoms with van der Waals surface area (Å²) >= 11 is 0. The fourth-order valence-corrected chi connectivity index (χ4v) is 2.56. The molecule has 0 saturated carbocycles. The zero-order valence-corrected chi connectivity index (χ0v) is 13.2. The Morgan fingerprint density at radius 2 is 2.13 bits per heavy atom. The number of ketones is 1. The topological polar surface area (TPSA) is 83.9 Å². The SMILES string of the molecule is CC(=O)c1cccc(OCCCC(=O)N2CCC(C(=O)O)C2)c1. The number of Topliss-reactive ketones (excluding diaryl/α,β-unsaturated/α-hetero) is 1. The molecule has 1 saturated heterocycles. The van der Waals surface area contributed by atoms with Crippen molar-refractivity contribution in [2.45, 2.75) is 26.2 Å². The fraction of sp³-hybridized carbons (Fsp3) is 0.471. The normalized spacial score (nSPS) is 17.1. The molecule has 2 rings (SSSR count). The Morgan fingerprint density at radius 3 is 2.78 bits per heavy atom. The van der Waals surface area contributed by atoms with Gasteiger partial charge in [-0.05, 0) is 31.9 Å². The number of nitrogens with zero attached hydrogens (tertiary/aromatic N) is 1. The standard InChI is InChI=1S/C17H21NO5/c1-12(19)13-4-2-5-15(10-13)23-9-3-6-16(20)18-8-7-14(11-18)17(21)22/h2,4-5,10,14H,3,6-9,11H2,1H3,(H,21,22). The van der Waals surface area contributed by atoms with Crippen molar-refractivity contribution in [2.75, 3.05) is 19.7 Å². The van der Waals surface area contributed by atoms with Crippen molar-refractivity contribution < 1.29 is 24.2 Å². The van der Waals surface area contributed by atoms with Crippen molar-refractivity contribution in [3.05, 3.63) is 29.8 Å². The third kappa shape index (κ3) is 4.81. The highest BCUT2D eigenvalue weighted by Crippen LogP contribution is 2.18. The Kier molecular flexibility index (Phi) is 5.73. The molecule has 1 aromatic carbocycles. The van der Waals surface area contributed by atoms with Gasteiger partial charge in [-0.1, -0.05) is 12.1 Å². The number of carboxylic acid groups (broad SMARTS) is 1. The molecule has 1 aliphatic heterocycles. The number of carboxylic acids is 1. The number of ether oxygens (including phenoxy) is 1. The average molecular weight is 319 g/mol. The summed E-state index contributed by atoms with van der Waals surface area (Å²) < 4.78 is 5.55. The molecule has 1 aliphatic rings. The van der Waals surface area contributed by atoms with Gasteiger partial charge in [-0.25, -0.2) is 0 Å². The molecule has 1 N–H and O–H groups in total. The quantitative estimate of drug-likeness (QED) is 0.614. The van der Waals surface area contributed by atoms with E-state index < -0.39 is 11.9 Å². The maximum atomic E-state index is 12.0. The van der Waals surface area contributed by atoms with Gasteiger partial charge >= 0.3 is 5.97 Å². The summed E-state index contributed by atoms with van der Waals surface area (Å²) in [6, 6.07) is 6.94. The number of carbonyl (C=O) groups is 3. The largest absolute Gasteiger partial charge is 0.494 e. The van der Waals surface area contributed by atoms with Crippen LogP contribution < -0.4 is 4.74 Å². The first-order chi connectivity index (χ1) is 11.0. The van der Waals surface area contributed by atoms with E-state index in [9.17, 15) is 14.4 Å². The summed E-state index contributed by atoms with van der Waals surface area (Å²) in [4.78, 5) is 35.8. The van der Waals surface area contributed by atoms with Crippen molar-refractivity contribution in [3.8, 4) is 5.75 Å². The second kappa shape index (κ2) is 7.76. The molecule has 23 heavy (non-hydrogen) atoms. The van der Waals surface area contributed by atoms with Crippen LogP contribution in [0.4, 0.5) is 0 Å². The van der Waals surface area contributed by atoms with Crippen molar-refractivity contribution in [2.24, 2.45) is 5.92 Å². The van der Waals surface area contributed by atoms with Crippen LogP contribution in [0.1, 0.15) is 36.5 Å². The second-order valence-corrected chi connectivity index (χ2v) is 5.70. The average Bonchev–Trinajstić information content (AvgIpc) is 3.02. The van der Waals surface area contributed by atoms with Crippen LogP contribution in [-0.2, 0) is 9.59 Å². The highest BCUT2D eigenvalue weighted by atomic mass is 16.5. The molecule has 0 aromatic heterocycles. The number of likely N-dealkylation sites (tertiary alicyclic amines) is 1. The van der Waals surface area contributed by atoms with Crippen molar-refractivity contribution in [3.63, 3.8) is 0 Å². The van der Waals surface area contributed by atoms with Crippen LogP contribution in [0.2, 0.25) is 0 Å². The lowest BCUT2D eigenvalue weighted by Crippen LogP contribution is -2.30. The van der Waals surface area contributed by atoms with E-state index in [4.69, 9.17) is 9.84 Å². The minimum absolute atomic E-state index is 0.0207. The van der Waals surface area contributed by atoms with Gasteiger partial charge in [0, 0.05) is 25.1 Å². The summed E-state index contributed by atoms with van der Waals surface area (Å²) in [5, 5.41) is 8.93. The summed E-state index contributed by atoms with van der Waals surface area (Å²) in [5.74, 6) is -0.724. The van der Waals surface area contributed by atoms with Gasteiger partial charge in [-0.2, -0.15) is 0 Å². The second-order valence-electron chi connectivity index (χ2n) is 5.70. The van der Waals surface area contributed by atoms with E-state index in [0.717, 1.165) is 0 Å². The number of aliphatic carboxylic acids is 1. The lowest BCUT2D eigenvalue weighted by molar-refractivity contribution is -0.141. The number of hydrogen-bond acceptors (Lipinski definition) is 4. The Hall–Kier alpha value is -2.37. The minimum atomic E-state index is -0.839. The molecule has 1 unspecified atom stereocenters. The maximum absolute atomic E-state index is 12.0. The molecule has 1 atom stereocenters. The lowest BCUT2D eigenvalue weighted by Gasteiger charge is -2.15. The number of hydrogen-bond donors (Lipinski definition) is 1. The third-order valence-corrected chi connectivity index (χ3v) is 3.93. The van der Waals surface area contributed by atoms with Crippen molar-refractivity contribution in [1.29, 1.82) is 0 Å². The summed E-state index contributed by atoms with van der Waals surface area (Å²) in [5.41, 5.74) is 0.593. The van der Waals surface area contributed by atoms with Crippen LogP contribution in [-0.4, -0.2) is 47.4 Å². The Morgan fingerprint density at radius 1 is 1.35 bits per heavy atom.